The number of hydrogen-bond donors (Lipinski definition) is 1. The van der Waals surface area contributed by atoms with E-state index >= 15 is 0 Å². The van der Waals surface area contributed by atoms with Crippen LogP contribution < -0.4 is 5.32 Å². The van der Waals surface area contributed by atoms with E-state index in [1.807, 2.05) is 30.5 Å². The van der Waals surface area contributed by atoms with E-state index in [9.17, 15) is 4.79 Å². The number of aromatic nitrogens is 2. The molecular formula is C17H16ClN3O3S. The Morgan fingerprint density at radius 1 is 1.40 bits per heavy atom. The molecule has 3 aromatic rings. The van der Waals surface area contributed by atoms with Gasteiger partial charge in [-0.2, -0.15) is 0 Å². The van der Waals surface area contributed by atoms with Crippen LogP contribution in [0.4, 0.5) is 0 Å². The van der Waals surface area contributed by atoms with E-state index in [2.05, 4.69) is 10.3 Å². The molecule has 6 nitrogen and oxygen atoms in total. The number of nitrogens with one attached hydrogen (secondary N) is 1. The van der Waals surface area contributed by atoms with E-state index < -0.39 is 0 Å². The summed E-state index contributed by atoms with van der Waals surface area (Å²) >= 11 is 7.66. The first kappa shape index (κ1) is 16.5. The Kier molecular flexibility index (Phi) is 4.72. The summed E-state index contributed by atoms with van der Waals surface area (Å²) < 4.78 is 12.7. The Bertz CT molecular complexity index is 902. The summed E-state index contributed by atoms with van der Waals surface area (Å²) in [6.45, 7) is 2.09. The lowest BCUT2D eigenvalue weighted by atomic mass is 10.2. The minimum absolute atomic E-state index is 0.103. The van der Waals surface area contributed by atoms with Gasteiger partial charge in [0.2, 0.25) is 0 Å². The molecule has 8 heteroatoms. The first-order valence-electron chi connectivity index (χ1n) is 7.91. The number of benzene rings is 1. The van der Waals surface area contributed by atoms with Crippen molar-refractivity contribution in [1.29, 1.82) is 0 Å². The van der Waals surface area contributed by atoms with Gasteiger partial charge in [-0.05, 0) is 6.07 Å². The van der Waals surface area contributed by atoms with Gasteiger partial charge in [0.05, 0.1) is 36.6 Å². The fourth-order valence-electron chi connectivity index (χ4n) is 2.70. The maximum atomic E-state index is 12.5. The van der Waals surface area contributed by atoms with Crippen LogP contribution in [-0.2, 0) is 9.47 Å². The van der Waals surface area contributed by atoms with Crippen LogP contribution >= 0.6 is 22.9 Å². The minimum atomic E-state index is -0.163. The molecule has 0 saturated carbocycles. The van der Waals surface area contributed by atoms with Crippen molar-refractivity contribution in [2.45, 2.75) is 6.10 Å². The van der Waals surface area contributed by atoms with Gasteiger partial charge < -0.3 is 14.8 Å². The lowest BCUT2D eigenvalue weighted by Gasteiger charge is -2.22. The van der Waals surface area contributed by atoms with Crippen molar-refractivity contribution in [3.63, 3.8) is 0 Å². The number of fused-ring (bicyclic) bond motifs is 1. The molecule has 25 heavy (non-hydrogen) atoms. The molecule has 0 unspecified atom stereocenters. The molecule has 4 rings (SSSR count). The number of nitrogens with zero attached hydrogens (tertiary/aromatic N) is 2. The van der Waals surface area contributed by atoms with Gasteiger partial charge in [0, 0.05) is 23.7 Å². The second-order valence-electron chi connectivity index (χ2n) is 5.66. The first-order chi connectivity index (χ1) is 12.2. The van der Waals surface area contributed by atoms with E-state index in [1.165, 1.54) is 11.3 Å². The number of carbonyl (C=O) groups excluding carboxylic acids is 1. The summed E-state index contributed by atoms with van der Waals surface area (Å²) in [5.74, 6) is -0.163. The lowest BCUT2D eigenvalue weighted by Crippen LogP contribution is -2.39. The topological polar surface area (TPSA) is 64.9 Å². The first-order valence-corrected chi connectivity index (χ1v) is 9.17. The highest BCUT2D eigenvalue weighted by atomic mass is 35.5. The van der Waals surface area contributed by atoms with Crippen molar-refractivity contribution in [1.82, 2.24) is 14.7 Å². The van der Waals surface area contributed by atoms with Gasteiger partial charge in [0.25, 0.3) is 5.91 Å². The van der Waals surface area contributed by atoms with Crippen molar-refractivity contribution < 1.29 is 14.3 Å². The van der Waals surface area contributed by atoms with E-state index in [0.29, 0.717) is 37.1 Å². The number of imidazole rings is 1. The average Bonchev–Trinajstić information content (AvgIpc) is 3.21. The highest BCUT2D eigenvalue weighted by Gasteiger charge is 2.19. The molecular weight excluding hydrogens is 362 g/mol. The third kappa shape index (κ3) is 3.41. The molecule has 1 saturated heterocycles. The van der Waals surface area contributed by atoms with Crippen LogP contribution in [0, 0.1) is 0 Å². The number of halogens is 1. The average molecular weight is 378 g/mol. The number of amides is 1. The van der Waals surface area contributed by atoms with Gasteiger partial charge in [-0.1, -0.05) is 29.8 Å². The summed E-state index contributed by atoms with van der Waals surface area (Å²) in [4.78, 5) is 17.8. The van der Waals surface area contributed by atoms with Crippen LogP contribution in [0.1, 0.15) is 10.5 Å². The van der Waals surface area contributed by atoms with Crippen LogP contribution in [-0.4, -0.2) is 47.8 Å². The Morgan fingerprint density at radius 2 is 2.28 bits per heavy atom. The highest BCUT2D eigenvalue weighted by molar-refractivity contribution is 7.15. The standard InChI is InChI=1S/C17H16ClN3O3S/c18-13-4-2-1-3-12(13)14-8-21-15(10-25-17(21)20-14)16(22)19-7-11-9-23-5-6-24-11/h1-4,8,10-11H,5-7,9H2,(H,19,22)/t11-/m1/s1. The maximum absolute atomic E-state index is 12.5. The van der Waals surface area contributed by atoms with Gasteiger partial charge >= 0.3 is 0 Å². The second-order valence-corrected chi connectivity index (χ2v) is 6.90. The summed E-state index contributed by atoms with van der Waals surface area (Å²) in [6.07, 6.45) is 1.73. The molecule has 1 aliphatic rings. The second kappa shape index (κ2) is 7.13. The molecule has 1 aromatic carbocycles. The smallest absolute Gasteiger partial charge is 0.269 e. The summed E-state index contributed by atoms with van der Waals surface area (Å²) in [7, 11) is 0. The van der Waals surface area contributed by atoms with Crippen LogP contribution in [0.3, 0.4) is 0 Å². The molecule has 0 spiro atoms. The normalized spacial score (nSPS) is 17.7. The zero-order chi connectivity index (χ0) is 17.2. The molecule has 1 aliphatic heterocycles. The van der Waals surface area contributed by atoms with Crippen molar-refractivity contribution >= 4 is 33.8 Å². The molecule has 130 valence electrons. The predicted octanol–water partition coefficient (Wildman–Crippen LogP) is 2.86. The van der Waals surface area contributed by atoms with Gasteiger partial charge in [-0.3, -0.25) is 9.20 Å². The Morgan fingerprint density at radius 3 is 3.08 bits per heavy atom. The fraction of sp³-hybridized carbons (Fsp3) is 0.294. The van der Waals surface area contributed by atoms with Gasteiger partial charge in [-0.25, -0.2) is 4.98 Å². The third-order valence-corrected chi connectivity index (χ3v) is 5.14. The zero-order valence-corrected chi connectivity index (χ0v) is 14.8. The van der Waals surface area contributed by atoms with Crippen LogP contribution in [0.25, 0.3) is 16.2 Å². The summed E-state index contributed by atoms with van der Waals surface area (Å²) in [5, 5.41) is 5.33. The van der Waals surface area contributed by atoms with Gasteiger partial charge in [-0.15, -0.1) is 11.3 Å². The molecule has 1 fully saturated rings. The van der Waals surface area contributed by atoms with Crippen molar-refractivity contribution in [3.05, 3.63) is 46.6 Å². The largest absolute Gasteiger partial charge is 0.376 e. The quantitative estimate of drug-likeness (QED) is 0.759. The van der Waals surface area contributed by atoms with E-state index in [4.69, 9.17) is 21.1 Å². The SMILES string of the molecule is O=C(NC[C@@H]1COCCO1)c1csc2nc(-c3ccccc3Cl)cn12. The summed E-state index contributed by atoms with van der Waals surface area (Å²) in [5.41, 5.74) is 2.14. The van der Waals surface area contributed by atoms with E-state index in [1.54, 1.807) is 9.78 Å². The van der Waals surface area contributed by atoms with Crippen molar-refractivity contribution in [2.24, 2.45) is 0 Å². The highest BCUT2D eigenvalue weighted by Crippen LogP contribution is 2.29. The summed E-state index contributed by atoms with van der Waals surface area (Å²) in [6, 6.07) is 7.52. The zero-order valence-electron chi connectivity index (χ0n) is 13.3. The number of carbonyl (C=O) groups is 1. The van der Waals surface area contributed by atoms with Crippen LogP contribution in [0.2, 0.25) is 5.02 Å². The molecule has 0 bridgehead atoms. The van der Waals surface area contributed by atoms with E-state index in [0.717, 1.165) is 16.2 Å². The Hall–Kier alpha value is -1.93. The minimum Gasteiger partial charge on any atom is -0.376 e. The number of rotatable bonds is 4. The third-order valence-electron chi connectivity index (χ3n) is 3.97. The molecule has 0 radical (unpaired) electrons. The van der Waals surface area contributed by atoms with Crippen LogP contribution in [0.15, 0.2) is 35.8 Å². The molecule has 0 aliphatic carbocycles. The van der Waals surface area contributed by atoms with E-state index in [-0.39, 0.29) is 12.0 Å². The number of hydrogen-bond acceptors (Lipinski definition) is 5. The molecule has 1 amide bonds. The van der Waals surface area contributed by atoms with Crippen molar-refractivity contribution in [3.8, 4) is 11.3 Å². The predicted molar refractivity (Wildman–Crippen MR) is 96.4 cm³/mol. The Labute approximate surface area is 153 Å². The van der Waals surface area contributed by atoms with Gasteiger partial charge in [0.1, 0.15) is 5.69 Å². The lowest BCUT2D eigenvalue weighted by molar-refractivity contribution is -0.0855. The van der Waals surface area contributed by atoms with Gasteiger partial charge in [0.15, 0.2) is 4.96 Å². The monoisotopic (exact) mass is 377 g/mol. The molecule has 1 atom stereocenters. The van der Waals surface area contributed by atoms with Crippen LogP contribution in [0.5, 0.6) is 0 Å². The molecule has 3 heterocycles. The number of thiazole rings is 1. The fourth-order valence-corrected chi connectivity index (χ4v) is 3.78. The Balaban J connectivity index is 1.54. The number of ether oxygens (including phenoxy) is 2. The maximum Gasteiger partial charge on any atom is 0.269 e. The molecule has 2 aromatic heterocycles. The van der Waals surface area contributed by atoms with Crippen molar-refractivity contribution in [2.75, 3.05) is 26.4 Å². The molecule has 1 N–H and O–H groups in total.